The maximum absolute atomic E-state index is 12.5. The van der Waals surface area contributed by atoms with Crippen LogP contribution in [0.4, 0.5) is 5.69 Å². The molecule has 2 aliphatic heterocycles. The van der Waals surface area contributed by atoms with E-state index in [2.05, 4.69) is 22.0 Å². The van der Waals surface area contributed by atoms with Crippen LogP contribution < -0.4 is 5.32 Å². The molecule has 0 bridgehead atoms. The van der Waals surface area contributed by atoms with E-state index in [1.54, 1.807) is 0 Å². The first-order valence-electron chi connectivity index (χ1n) is 9.83. The van der Waals surface area contributed by atoms with Crippen molar-refractivity contribution in [3.8, 4) is 0 Å². The lowest BCUT2D eigenvalue weighted by atomic mass is 10.2. The molecule has 3 rings (SSSR count). The number of carbonyl (C=O) groups excluding carboxylic acids is 2. The lowest BCUT2D eigenvalue weighted by Gasteiger charge is -2.37. The molecule has 148 valence electrons. The highest BCUT2D eigenvalue weighted by Crippen LogP contribution is 2.10. The van der Waals surface area contributed by atoms with Crippen molar-refractivity contribution in [3.63, 3.8) is 0 Å². The van der Waals surface area contributed by atoms with Crippen molar-refractivity contribution in [3.05, 3.63) is 30.3 Å². The van der Waals surface area contributed by atoms with Gasteiger partial charge in [0, 0.05) is 45.0 Å². The maximum Gasteiger partial charge on any atom is 0.238 e. The molecule has 0 aromatic heterocycles. The Morgan fingerprint density at radius 2 is 1.70 bits per heavy atom. The fourth-order valence-electron chi connectivity index (χ4n) is 3.51. The van der Waals surface area contributed by atoms with Gasteiger partial charge < -0.3 is 15.0 Å². The Hall–Kier alpha value is -1.96. The fraction of sp³-hybridized carbons (Fsp3) is 0.600. The smallest absolute Gasteiger partial charge is 0.238 e. The predicted octanol–water partition coefficient (Wildman–Crippen LogP) is 0.880. The number of carbonyl (C=O) groups is 2. The highest BCUT2D eigenvalue weighted by molar-refractivity contribution is 5.92. The molecule has 2 saturated heterocycles. The molecule has 27 heavy (non-hydrogen) atoms. The summed E-state index contributed by atoms with van der Waals surface area (Å²) >= 11 is 0. The minimum Gasteiger partial charge on any atom is -0.375 e. The van der Waals surface area contributed by atoms with E-state index in [9.17, 15) is 9.59 Å². The molecule has 2 fully saturated rings. The first-order valence-corrected chi connectivity index (χ1v) is 9.83. The van der Waals surface area contributed by atoms with Gasteiger partial charge in [0.05, 0.1) is 25.8 Å². The van der Waals surface area contributed by atoms with Crippen LogP contribution >= 0.6 is 0 Å². The first-order chi connectivity index (χ1) is 13.1. The van der Waals surface area contributed by atoms with Gasteiger partial charge in [-0.2, -0.15) is 0 Å². The van der Waals surface area contributed by atoms with Crippen molar-refractivity contribution < 1.29 is 14.3 Å². The molecule has 7 heteroatoms. The summed E-state index contributed by atoms with van der Waals surface area (Å²) in [5, 5.41) is 2.92. The molecule has 7 nitrogen and oxygen atoms in total. The second kappa shape index (κ2) is 9.82. The van der Waals surface area contributed by atoms with Crippen molar-refractivity contribution in [1.82, 2.24) is 14.7 Å². The molecule has 0 saturated carbocycles. The Morgan fingerprint density at radius 3 is 2.37 bits per heavy atom. The normalized spacial score (nSPS) is 21.8. The van der Waals surface area contributed by atoms with Crippen LogP contribution in [0.5, 0.6) is 0 Å². The van der Waals surface area contributed by atoms with E-state index in [1.165, 1.54) is 0 Å². The molecule has 2 heterocycles. The lowest BCUT2D eigenvalue weighted by molar-refractivity contribution is -0.140. The Kier molecular flexibility index (Phi) is 7.20. The van der Waals surface area contributed by atoms with E-state index < -0.39 is 0 Å². The lowest BCUT2D eigenvalue weighted by Crippen LogP contribution is -2.53. The first kappa shape index (κ1) is 19.8. The number of rotatable bonds is 6. The number of nitrogens with one attached hydrogen (secondary N) is 1. The number of nitrogens with zero attached hydrogens (tertiary/aromatic N) is 3. The summed E-state index contributed by atoms with van der Waals surface area (Å²) in [5.41, 5.74) is 0.822. The topological polar surface area (TPSA) is 65.1 Å². The van der Waals surface area contributed by atoms with Crippen molar-refractivity contribution >= 4 is 17.5 Å². The van der Waals surface area contributed by atoms with Gasteiger partial charge in [-0.15, -0.1) is 0 Å². The van der Waals surface area contributed by atoms with Gasteiger partial charge in [0.25, 0.3) is 0 Å². The molecule has 2 aliphatic rings. The molecule has 0 spiro atoms. The van der Waals surface area contributed by atoms with Crippen LogP contribution in [0.1, 0.15) is 13.3 Å². The summed E-state index contributed by atoms with van der Waals surface area (Å²) in [7, 11) is 0. The van der Waals surface area contributed by atoms with E-state index in [-0.39, 0.29) is 17.9 Å². The third-order valence-electron chi connectivity index (χ3n) is 5.20. The fourth-order valence-corrected chi connectivity index (χ4v) is 3.51. The Morgan fingerprint density at radius 1 is 1.04 bits per heavy atom. The molecule has 1 atom stereocenters. The van der Waals surface area contributed by atoms with E-state index in [0.29, 0.717) is 32.8 Å². The zero-order chi connectivity index (χ0) is 19.1. The van der Waals surface area contributed by atoms with Gasteiger partial charge in [0.15, 0.2) is 0 Å². The summed E-state index contributed by atoms with van der Waals surface area (Å²) in [6.07, 6.45) is 1.11. The summed E-state index contributed by atoms with van der Waals surface area (Å²) < 4.78 is 5.64. The third-order valence-corrected chi connectivity index (χ3v) is 5.20. The molecule has 1 N–H and O–H groups in total. The average molecular weight is 374 g/mol. The predicted molar refractivity (Wildman–Crippen MR) is 105 cm³/mol. The van der Waals surface area contributed by atoms with Crippen molar-refractivity contribution in [1.29, 1.82) is 0 Å². The Labute approximate surface area is 161 Å². The summed E-state index contributed by atoms with van der Waals surface area (Å²) in [6, 6.07) is 9.51. The second-order valence-electron chi connectivity index (χ2n) is 7.21. The Balaban J connectivity index is 1.37. The van der Waals surface area contributed by atoms with Crippen LogP contribution in [-0.2, 0) is 14.3 Å². The number of para-hydroxylation sites is 1. The van der Waals surface area contributed by atoms with E-state index in [1.807, 2.05) is 35.2 Å². The summed E-state index contributed by atoms with van der Waals surface area (Å²) in [4.78, 5) is 31.0. The molecule has 1 aromatic rings. The number of anilines is 1. The standard InChI is InChI=1S/C20H30N4O3/c1-2-18-14-24(12-13-27-18)20(26)16-23-10-8-22(9-11-23)15-19(25)21-17-6-4-3-5-7-17/h3-7,18H,2,8-16H2,1H3,(H,21,25). The number of hydrogen-bond acceptors (Lipinski definition) is 5. The quantitative estimate of drug-likeness (QED) is 0.801. The monoisotopic (exact) mass is 374 g/mol. The minimum atomic E-state index is 0.00431. The van der Waals surface area contributed by atoms with E-state index in [4.69, 9.17) is 4.74 Å². The largest absolute Gasteiger partial charge is 0.375 e. The number of morpholine rings is 1. The number of benzene rings is 1. The van der Waals surface area contributed by atoms with Crippen LogP contribution in [0.2, 0.25) is 0 Å². The van der Waals surface area contributed by atoms with Gasteiger partial charge in [0.2, 0.25) is 11.8 Å². The van der Waals surface area contributed by atoms with Crippen LogP contribution in [-0.4, -0.2) is 91.6 Å². The van der Waals surface area contributed by atoms with Gasteiger partial charge in [-0.05, 0) is 18.6 Å². The van der Waals surface area contributed by atoms with Crippen LogP contribution in [0.15, 0.2) is 30.3 Å². The molecule has 0 aliphatic carbocycles. The highest BCUT2D eigenvalue weighted by Gasteiger charge is 2.26. The third kappa shape index (κ3) is 6.02. The van der Waals surface area contributed by atoms with Crippen molar-refractivity contribution in [2.75, 3.05) is 64.3 Å². The number of piperazine rings is 1. The summed E-state index contributed by atoms with van der Waals surface area (Å²) in [5.74, 6) is 0.191. The molecule has 1 unspecified atom stereocenters. The second-order valence-corrected chi connectivity index (χ2v) is 7.21. The molecule has 1 aromatic carbocycles. The van der Waals surface area contributed by atoms with Gasteiger partial charge in [0.1, 0.15) is 0 Å². The molecule has 0 radical (unpaired) electrons. The minimum absolute atomic E-state index is 0.00431. The van der Waals surface area contributed by atoms with E-state index in [0.717, 1.165) is 38.3 Å². The molecular formula is C20H30N4O3. The van der Waals surface area contributed by atoms with Crippen molar-refractivity contribution in [2.45, 2.75) is 19.4 Å². The number of hydrogen-bond donors (Lipinski definition) is 1. The maximum atomic E-state index is 12.5. The number of ether oxygens (including phenoxy) is 1. The van der Waals surface area contributed by atoms with Crippen LogP contribution in [0.25, 0.3) is 0 Å². The zero-order valence-electron chi connectivity index (χ0n) is 16.1. The van der Waals surface area contributed by atoms with E-state index >= 15 is 0 Å². The van der Waals surface area contributed by atoms with Gasteiger partial charge >= 0.3 is 0 Å². The van der Waals surface area contributed by atoms with Crippen molar-refractivity contribution in [2.24, 2.45) is 0 Å². The van der Waals surface area contributed by atoms with Gasteiger partial charge in [-0.25, -0.2) is 0 Å². The Bertz CT molecular complexity index is 617. The van der Waals surface area contributed by atoms with Crippen LogP contribution in [0.3, 0.4) is 0 Å². The molecule has 2 amide bonds. The van der Waals surface area contributed by atoms with Crippen LogP contribution in [0, 0.1) is 0 Å². The zero-order valence-corrected chi connectivity index (χ0v) is 16.1. The van der Waals surface area contributed by atoms with Gasteiger partial charge in [-0.1, -0.05) is 25.1 Å². The average Bonchev–Trinajstić information content (AvgIpc) is 2.70. The highest BCUT2D eigenvalue weighted by atomic mass is 16.5. The summed E-state index contributed by atoms with van der Waals surface area (Å²) in [6.45, 7) is 8.19. The molecular weight excluding hydrogens is 344 g/mol. The number of amides is 2. The van der Waals surface area contributed by atoms with Gasteiger partial charge in [-0.3, -0.25) is 19.4 Å². The SMILES string of the molecule is CCC1CN(C(=O)CN2CCN(CC(=O)Nc3ccccc3)CC2)CCO1.